The van der Waals surface area contributed by atoms with E-state index in [1.54, 1.807) is 0 Å². The first-order valence-electron chi connectivity index (χ1n) is 8.89. The van der Waals surface area contributed by atoms with Gasteiger partial charge in [0.15, 0.2) is 0 Å². The van der Waals surface area contributed by atoms with Crippen molar-refractivity contribution in [2.24, 2.45) is 5.73 Å². The summed E-state index contributed by atoms with van der Waals surface area (Å²) in [5, 5.41) is 10.5. The van der Waals surface area contributed by atoms with Gasteiger partial charge in [-0.3, -0.25) is 10.0 Å². The van der Waals surface area contributed by atoms with Gasteiger partial charge in [0.25, 0.3) is 5.91 Å². The lowest BCUT2D eigenvalue weighted by atomic mass is 10.0. The van der Waals surface area contributed by atoms with E-state index < -0.39 is 6.04 Å². The van der Waals surface area contributed by atoms with Gasteiger partial charge in [0.05, 0.1) is 6.04 Å². The van der Waals surface area contributed by atoms with E-state index >= 15 is 0 Å². The van der Waals surface area contributed by atoms with E-state index in [9.17, 15) is 10.0 Å². The Labute approximate surface area is 161 Å². The third kappa shape index (κ3) is 16.8. The molecule has 0 fully saturated rings. The minimum Gasteiger partial charge on any atom is -0.320 e. The van der Waals surface area contributed by atoms with Gasteiger partial charge in [-0.1, -0.05) is 58.3 Å². The minimum absolute atomic E-state index is 0. The van der Waals surface area contributed by atoms with E-state index in [0.717, 1.165) is 30.9 Å². The number of halogens is 2. The molecule has 148 valence electrons. The maximum atomic E-state index is 11.9. The minimum atomic E-state index is -0.565. The molecule has 0 aromatic rings. The van der Waals surface area contributed by atoms with Crippen molar-refractivity contribution in [3.63, 3.8) is 0 Å². The predicted molar refractivity (Wildman–Crippen MR) is 106 cm³/mol. The molecule has 5 nitrogen and oxygen atoms in total. The highest BCUT2D eigenvalue weighted by Gasteiger charge is 2.18. The van der Waals surface area contributed by atoms with E-state index in [4.69, 9.17) is 5.73 Å². The molecule has 0 saturated carbocycles. The fourth-order valence-corrected chi connectivity index (χ4v) is 2.46. The van der Waals surface area contributed by atoms with Crippen molar-refractivity contribution in [3.05, 3.63) is 0 Å². The van der Waals surface area contributed by atoms with Crippen LogP contribution in [0.3, 0.4) is 0 Å². The quantitative estimate of drug-likeness (QED) is 0.269. The van der Waals surface area contributed by atoms with Crippen LogP contribution >= 0.6 is 24.8 Å². The second-order valence-electron chi connectivity index (χ2n) is 6.49. The monoisotopic (exact) mass is 387 g/mol. The fourth-order valence-electron chi connectivity index (χ4n) is 2.46. The molecule has 0 rings (SSSR count). The highest BCUT2D eigenvalue weighted by atomic mass is 35.5. The predicted octanol–water partition coefficient (Wildman–Crippen LogP) is 3.86. The second-order valence-corrected chi connectivity index (χ2v) is 6.49. The maximum absolute atomic E-state index is 11.9. The Balaban J connectivity index is -0.00000220. The number of nitrogens with two attached hydrogens (primary N) is 1. The summed E-state index contributed by atoms with van der Waals surface area (Å²) in [5.41, 5.74) is 5.87. The smallest absolute Gasteiger partial charge is 0.262 e. The van der Waals surface area contributed by atoms with Crippen molar-refractivity contribution in [3.8, 4) is 0 Å². The number of hydrogen-bond acceptors (Lipinski definition) is 4. The first-order valence-corrected chi connectivity index (χ1v) is 8.89. The number of carbonyl (C=O) groups excluding carboxylic acids is 1. The van der Waals surface area contributed by atoms with Gasteiger partial charge in [-0.2, -0.15) is 0 Å². The van der Waals surface area contributed by atoms with Crippen molar-refractivity contribution >= 4 is 30.7 Å². The average molecular weight is 388 g/mol. The summed E-state index contributed by atoms with van der Waals surface area (Å²) in [6.45, 7) is 3.42. The highest BCUT2D eigenvalue weighted by molar-refractivity contribution is 5.85. The van der Waals surface area contributed by atoms with Crippen molar-refractivity contribution in [2.45, 2.75) is 77.2 Å². The molecular formula is C17H39Cl2N3O2. The molecule has 0 aromatic heterocycles. The van der Waals surface area contributed by atoms with E-state index in [1.165, 1.54) is 38.5 Å². The van der Waals surface area contributed by atoms with Crippen LogP contribution in [0.4, 0.5) is 0 Å². The first kappa shape index (κ1) is 28.7. The van der Waals surface area contributed by atoms with Crippen molar-refractivity contribution in [2.75, 3.05) is 27.2 Å². The SMILES string of the molecule is CCCCCCCCCCC(N)C(=O)N(O)CCCN(C)C.Cl.Cl. The second kappa shape index (κ2) is 19.3. The van der Waals surface area contributed by atoms with Crippen LogP contribution in [0.2, 0.25) is 0 Å². The van der Waals surface area contributed by atoms with E-state index in [-0.39, 0.29) is 30.7 Å². The summed E-state index contributed by atoms with van der Waals surface area (Å²) in [5.74, 6) is -0.346. The molecule has 0 aliphatic carbocycles. The number of rotatable bonds is 14. The number of unbranched alkanes of at least 4 members (excludes halogenated alkanes) is 7. The Kier molecular flexibility index (Phi) is 23.0. The summed E-state index contributed by atoms with van der Waals surface area (Å²) in [7, 11) is 3.94. The van der Waals surface area contributed by atoms with Gasteiger partial charge in [-0.15, -0.1) is 24.8 Å². The zero-order valence-electron chi connectivity index (χ0n) is 15.7. The number of hydrogen-bond donors (Lipinski definition) is 2. The molecule has 0 aliphatic rings. The molecule has 0 saturated heterocycles. The summed E-state index contributed by atoms with van der Waals surface area (Å²) in [6, 6.07) is -0.565. The molecule has 24 heavy (non-hydrogen) atoms. The van der Waals surface area contributed by atoms with Gasteiger partial charge in [0, 0.05) is 6.54 Å². The van der Waals surface area contributed by atoms with Crippen LogP contribution in [0.5, 0.6) is 0 Å². The lowest BCUT2D eigenvalue weighted by Crippen LogP contribution is -2.42. The van der Waals surface area contributed by atoms with Gasteiger partial charge in [-0.25, -0.2) is 5.06 Å². The Morgan fingerprint density at radius 2 is 1.42 bits per heavy atom. The number of amides is 1. The average Bonchev–Trinajstić information content (AvgIpc) is 2.48. The number of carbonyl (C=O) groups is 1. The zero-order chi connectivity index (χ0) is 16.8. The molecule has 0 aromatic carbocycles. The van der Waals surface area contributed by atoms with Crippen molar-refractivity contribution in [1.29, 1.82) is 0 Å². The normalized spacial score (nSPS) is 11.6. The number of nitrogens with zero attached hydrogens (tertiary/aromatic N) is 2. The van der Waals surface area contributed by atoms with Gasteiger partial charge in [0.2, 0.25) is 0 Å². The van der Waals surface area contributed by atoms with Crippen LogP contribution in [-0.4, -0.2) is 54.3 Å². The van der Waals surface area contributed by atoms with E-state index in [2.05, 4.69) is 6.92 Å². The van der Waals surface area contributed by atoms with Gasteiger partial charge >= 0.3 is 0 Å². The molecule has 1 unspecified atom stereocenters. The van der Waals surface area contributed by atoms with Crippen molar-refractivity contribution in [1.82, 2.24) is 9.96 Å². The molecule has 0 aliphatic heterocycles. The summed E-state index contributed by atoms with van der Waals surface area (Å²) < 4.78 is 0. The summed E-state index contributed by atoms with van der Waals surface area (Å²) >= 11 is 0. The summed E-state index contributed by atoms with van der Waals surface area (Å²) in [6.07, 6.45) is 11.3. The summed E-state index contributed by atoms with van der Waals surface area (Å²) in [4.78, 5) is 13.9. The number of hydroxylamine groups is 2. The Bertz CT molecular complexity index is 283. The van der Waals surface area contributed by atoms with Gasteiger partial charge in [0.1, 0.15) is 0 Å². The molecule has 0 bridgehead atoms. The molecule has 0 heterocycles. The molecule has 7 heteroatoms. The van der Waals surface area contributed by atoms with Crippen LogP contribution < -0.4 is 5.73 Å². The van der Waals surface area contributed by atoms with Crippen molar-refractivity contribution < 1.29 is 10.0 Å². The highest BCUT2D eigenvalue weighted by Crippen LogP contribution is 2.10. The molecule has 3 N–H and O–H groups in total. The van der Waals surface area contributed by atoms with Crippen LogP contribution in [0.15, 0.2) is 0 Å². The molecular weight excluding hydrogens is 349 g/mol. The van der Waals surface area contributed by atoms with Crippen LogP contribution in [0.1, 0.15) is 71.1 Å². The fraction of sp³-hybridized carbons (Fsp3) is 0.941. The van der Waals surface area contributed by atoms with E-state index in [1.807, 2.05) is 19.0 Å². The van der Waals surface area contributed by atoms with Gasteiger partial charge < -0.3 is 10.6 Å². The first-order chi connectivity index (χ1) is 10.5. The molecule has 0 spiro atoms. The standard InChI is InChI=1S/C17H37N3O2.2ClH/c1-4-5-6-7-8-9-10-11-13-16(18)17(21)20(22)15-12-14-19(2)3;;/h16,22H,4-15,18H2,1-3H3;2*1H. The topological polar surface area (TPSA) is 69.8 Å². The zero-order valence-corrected chi connectivity index (χ0v) is 17.3. The lowest BCUT2D eigenvalue weighted by Gasteiger charge is -2.20. The lowest BCUT2D eigenvalue weighted by molar-refractivity contribution is -0.167. The largest absolute Gasteiger partial charge is 0.320 e. The van der Waals surface area contributed by atoms with Crippen LogP contribution in [-0.2, 0) is 4.79 Å². The third-order valence-electron chi connectivity index (χ3n) is 3.92. The van der Waals surface area contributed by atoms with E-state index in [0.29, 0.717) is 13.0 Å². The van der Waals surface area contributed by atoms with Crippen LogP contribution in [0.25, 0.3) is 0 Å². The van der Waals surface area contributed by atoms with Gasteiger partial charge in [-0.05, 0) is 33.5 Å². The Morgan fingerprint density at radius 1 is 0.917 bits per heavy atom. The molecule has 0 radical (unpaired) electrons. The van der Waals surface area contributed by atoms with Crippen LogP contribution in [0, 0.1) is 0 Å². The molecule has 1 atom stereocenters. The Hall–Kier alpha value is -0.0700. The Morgan fingerprint density at radius 3 is 1.92 bits per heavy atom. The molecule has 1 amide bonds. The third-order valence-corrected chi connectivity index (χ3v) is 3.92. The maximum Gasteiger partial charge on any atom is 0.262 e.